The molecule has 0 aromatic carbocycles. The van der Waals surface area contributed by atoms with Gasteiger partial charge in [0.15, 0.2) is 0 Å². The van der Waals surface area contributed by atoms with Crippen LogP contribution >= 0.6 is 0 Å². The number of hydrogen-bond donors (Lipinski definition) is 1. The molecule has 0 heterocycles. The zero-order chi connectivity index (χ0) is 11.3. The standard InChI is InChI=1S/C10H12N2O3/c11-12-8(7-13)9(14)6-10(15)4-2-1-3-5-10/h2,4,7,15H,1,3,5-6H2. The molecule has 0 amide bonds. The molecule has 0 aliphatic heterocycles. The van der Waals surface area contributed by atoms with E-state index in [0.29, 0.717) is 6.42 Å². The number of allylic oxidation sites excluding steroid dienone is 1. The van der Waals surface area contributed by atoms with Crippen molar-refractivity contribution in [2.24, 2.45) is 0 Å². The fourth-order valence-electron chi connectivity index (χ4n) is 1.57. The Labute approximate surface area is 87.0 Å². The smallest absolute Gasteiger partial charge is 0.385 e. The normalized spacial score (nSPS) is 24.3. The average molecular weight is 208 g/mol. The number of nitrogens with zero attached hydrogens (tertiary/aromatic N) is 2. The lowest BCUT2D eigenvalue weighted by Gasteiger charge is -2.25. The van der Waals surface area contributed by atoms with Gasteiger partial charge in [-0.3, -0.25) is 9.59 Å². The first-order chi connectivity index (χ1) is 7.11. The summed E-state index contributed by atoms with van der Waals surface area (Å²) in [5.41, 5.74) is 6.59. The second-order valence-corrected chi connectivity index (χ2v) is 3.60. The fraction of sp³-hybridized carbons (Fsp3) is 0.500. The third kappa shape index (κ3) is 2.94. The molecule has 80 valence electrons. The predicted molar refractivity (Wildman–Crippen MR) is 52.3 cm³/mol. The van der Waals surface area contributed by atoms with Crippen LogP contribution in [0.3, 0.4) is 0 Å². The van der Waals surface area contributed by atoms with Gasteiger partial charge in [-0.05, 0) is 19.3 Å². The molecule has 0 aromatic heterocycles. The Kier molecular flexibility index (Phi) is 3.66. The summed E-state index contributed by atoms with van der Waals surface area (Å²) >= 11 is 0. The third-order valence-electron chi connectivity index (χ3n) is 2.38. The van der Waals surface area contributed by atoms with Gasteiger partial charge < -0.3 is 10.6 Å². The molecule has 0 fully saturated rings. The second kappa shape index (κ2) is 4.77. The van der Waals surface area contributed by atoms with E-state index in [1.165, 1.54) is 0 Å². The Morgan fingerprint density at radius 2 is 2.40 bits per heavy atom. The Bertz CT molecular complexity index is 356. The van der Waals surface area contributed by atoms with E-state index in [0.717, 1.165) is 12.8 Å². The van der Waals surface area contributed by atoms with E-state index in [4.69, 9.17) is 5.53 Å². The number of carbonyl (C=O) groups excluding carboxylic acids is 2. The first-order valence-corrected chi connectivity index (χ1v) is 4.72. The Morgan fingerprint density at radius 3 is 2.87 bits per heavy atom. The predicted octanol–water partition coefficient (Wildman–Crippen LogP) is 0.286. The number of ketones is 1. The van der Waals surface area contributed by atoms with Gasteiger partial charge in [0.05, 0.1) is 12.0 Å². The van der Waals surface area contributed by atoms with Crippen LogP contribution in [0.1, 0.15) is 25.7 Å². The van der Waals surface area contributed by atoms with E-state index in [9.17, 15) is 14.7 Å². The van der Waals surface area contributed by atoms with Crippen LogP contribution in [0, 0.1) is 0 Å². The van der Waals surface area contributed by atoms with Gasteiger partial charge in [-0.25, -0.2) is 0 Å². The second-order valence-electron chi connectivity index (χ2n) is 3.60. The maximum absolute atomic E-state index is 11.4. The molecule has 1 N–H and O–H groups in total. The van der Waals surface area contributed by atoms with Crippen LogP contribution in [0.2, 0.25) is 0 Å². The number of Topliss-reactive ketones (excluding diaryl/α,β-unsaturated/α-hetero) is 1. The lowest BCUT2D eigenvalue weighted by atomic mass is 9.86. The molecule has 15 heavy (non-hydrogen) atoms. The molecule has 1 atom stereocenters. The summed E-state index contributed by atoms with van der Waals surface area (Å²) < 4.78 is 0. The molecular formula is C10H12N2O3. The number of hydrogen-bond acceptors (Lipinski definition) is 3. The van der Waals surface area contributed by atoms with Crippen molar-refractivity contribution in [2.75, 3.05) is 0 Å². The lowest BCUT2D eigenvalue weighted by Crippen LogP contribution is -2.34. The highest BCUT2D eigenvalue weighted by atomic mass is 16.3. The highest BCUT2D eigenvalue weighted by Crippen LogP contribution is 2.25. The van der Waals surface area contributed by atoms with E-state index in [1.54, 1.807) is 12.2 Å². The molecule has 0 spiro atoms. The van der Waals surface area contributed by atoms with Gasteiger partial charge in [0.25, 0.3) is 5.78 Å². The summed E-state index contributed by atoms with van der Waals surface area (Å²) in [4.78, 5) is 24.2. The van der Waals surface area contributed by atoms with Crippen molar-refractivity contribution in [3.05, 3.63) is 17.7 Å². The maximum Gasteiger partial charge on any atom is 0.397 e. The van der Waals surface area contributed by atoms with Gasteiger partial charge in [-0.2, -0.15) is 4.79 Å². The van der Waals surface area contributed by atoms with Crippen molar-refractivity contribution < 1.29 is 19.5 Å². The van der Waals surface area contributed by atoms with Crippen LogP contribution in [0.5, 0.6) is 0 Å². The van der Waals surface area contributed by atoms with Gasteiger partial charge in [0.1, 0.15) is 0 Å². The number of aldehydes is 1. The first-order valence-electron chi connectivity index (χ1n) is 4.72. The molecule has 0 saturated heterocycles. The topological polar surface area (TPSA) is 90.8 Å². The monoisotopic (exact) mass is 208 g/mol. The Morgan fingerprint density at radius 1 is 1.67 bits per heavy atom. The van der Waals surface area contributed by atoms with Gasteiger partial charge in [-0.15, -0.1) is 0 Å². The molecule has 0 aromatic rings. The van der Waals surface area contributed by atoms with Crippen molar-refractivity contribution in [1.29, 1.82) is 0 Å². The number of carbonyl (C=O) groups is 2. The van der Waals surface area contributed by atoms with Crippen molar-refractivity contribution in [3.8, 4) is 0 Å². The van der Waals surface area contributed by atoms with E-state index in [1.807, 2.05) is 0 Å². The molecule has 1 unspecified atom stereocenters. The minimum absolute atomic E-state index is 0.179. The summed E-state index contributed by atoms with van der Waals surface area (Å²) in [5, 5.41) is 9.92. The molecular weight excluding hydrogens is 196 g/mol. The molecule has 5 nitrogen and oxygen atoms in total. The van der Waals surface area contributed by atoms with Crippen LogP contribution in [0.4, 0.5) is 0 Å². The molecule has 0 saturated carbocycles. The Hall–Kier alpha value is -1.58. The average Bonchev–Trinajstić information content (AvgIpc) is 2.19. The summed E-state index contributed by atoms with van der Waals surface area (Å²) in [6, 6.07) is 0. The maximum atomic E-state index is 11.4. The highest BCUT2D eigenvalue weighted by Gasteiger charge is 2.32. The Balaban J connectivity index is 2.73. The van der Waals surface area contributed by atoms with E-state index >= 15 is 0 Å². The minimum atomic E-state index is -1.20. The first kappa shape index (κ1) is 11.5. The van der Waals surface area contributed by atoms with E-state index in [2.05, 4.69) is 4.79 Å². The summed E-state index contributed by atoms with van der Waals surface area (Å²) in [5.74, 6) is -0.651. The van der Waals surface area contributed by atoms with Crippen molar-refractivity contribution >= 4 is 17.8 Å². The van der Waals surface area contributed by atoms with E-state index < -0.39 is 17.1 Å². The molecule has 1 rings (SSSR count). The zero-order valence-electron chi connectivity index (χ0n) is 8.22. The number of aliphatic hydroxyl groups is 1. The molecule has 0 radical (unpaired) electrons. The number of rotatable bonds is 4. The largest absolute Gasteiger partial charge is 0.397 e. The van der Waals surface area contributed by atoms with Gasteiger partial charge in [0, 0.05) is 0 Å². The van der Waals surface area contributed by atoms with Gasteiger partial charge >= 0.3 is 5.71 Å². The summed E-state index contributed by atoms with van der Waals surface area (Å²) in [7, 11) is 0. The molecule has 0 bridgehead atoms. The van der Waals surface area contributed by atoms with Crippen LogP contribution in [0.15, 0.2) is 12.2 Å². The quantitative estimate of drug-likeness (QED) is 0.180. The molecule has 1 aliphatic rings. The minimum Gasteiger partial charge on any atom is -0.385 e. The summed E-state index contributed by atoms with van der Waals surface area (Å²) in [6.07, 6.45) is 5.48. The van der Waals surface area contributed by atoms with Crippen LogP contribution < -0.4 is 0 Å². The fourth-order valence-corrected chi connectivity index (χ4v) is 1.57. The third-order valence-corrected chi connectivity index (χ3v) is 2.38. The van der Waals surface area contributed by atoms with Crippen LogP contribution in [-0.2, 0) is 9.59 Å². The van der Waals surface area contributed by atoms with Crippen molar-refractivity contribution in [3.63, 3.8) is 0 Å². The van der Waals surface area contributed by atoms with Crippen LogP contribution in [-0.4, -0.2) is 33.3 Å². The van der Waals surface area contributed by atoms with Crippen LogP contribution in [0.25, 0.3) is 5.53 Å². The zero-order valence-corrected chi connectivity index (χ0v) is 8.22. The summed E-state index contributed by atoms with van der Waals surface area (Å²) in [6.45, 7) is 0. The van der Waals surface area contributed by atoms with E-state index in [-0.39, 0.29) is 12.7 Å². The highest BCUT2D eigenvalue weighted by molar-refractivity contribution is 6.58. The SMILES string of the molecule is [N-]=[N+]=C(C=O)C(=O)CC1(O)C=CCCC1. The van der Waals surface area contributed by atoms with Gasteiger partial charge in [0.2, 0.25) is 6.29 Å². The lowest BCUT2D eigenvalue weighted by molar-refractivity contribution is -0.123. The molecule has 5 heteroatoms. The molecule has 1 aliphatic carbocycles. The van der Waals surface area contributed by atoms with Crippen molar-refractivity contribution in [1.82, 2.24) is 0 Å². The van der Waals surface area contributed by atoms with Crippen molar-refractivity contribution in [2.45, 2.75) is 31.3 Å². The van der Waals surface area contributed by atoms with Gasteiger partial charge in [-0.1, -0.05) is 12.2 Å².